The van der Waals surface area contributed by atoms with Gasteiger partial charge in [0, 0.05) is 6.54 Å². The summed E-state index contributed by atoms with van der Waals surface area (Å²) >= 11 is 0. The Bertz CT molecular complexity index is 54.9. The summed E-state index contributed by atoms with van der Waals surface area (Å²) in [6.45, 7) is 5.42. The van der Waals surface area contributed by atoms with Gasteiger partial charge in [0.15, 0.2) is 0 Å². The SMILES string of the molecule is CCCC[NH+](C)CCN. The van der Waals surface area contributed by atoms with Crippen LogP contribution >= 0.6 is 0 Å². The quantitative estimate of drug-likeness (QED) is 0.506. The molecule has 0 spiro atoms. The van der Waals surface area contributed by atoms with Crippen LogP contribution in [0, 0.1) is 0 Å². The van der Waals surface area contributed by atoms with E-state index < -0.39 is 0 Å². The molecule has 0 aliphatic heterocycles. The van der Waals surface area contributed by atoms with E-state index in [2.05, 4.69) is 14.0 Å². The van der Waals surface area contributed by atoms with Gasteiger partial charge in [-0.05, 0) is 6.42 Å². The highest BCUT2D eigenvalue weighted by Crippen LogP contribution is 1.77. The molecule has 1 unspecified atom stereocenters. The molecule has 0 aliphatic carbocycles. The molecule has 0 saturated carbocycles. The molecule has 1 atom stereocenters. The zero-order valence-corrected chi connectivity index (χ0v) is 6.61. The molecule has 56 valence electrons. The maximum atomic E-state index is 5.38. The number of hydrogen-bond acceptors (Lipinski definition) is 1. The zero-order chi connectivity index (χ0) is 7.11. The highest BCUT2D eigenvalue weighted by atomic mass is 15.1. The summed E-state index contributed by atoms with van der Waals surface area (Å²) in [5, 5.41) is 0. The van der Waals surface area contributed by atoms with Gasteiger partial charge < -0.3 is 10.6 Å². The maximum Gasteiger partial charge on any atom is 0.0893 e. The van der Waals surface area contributed by atoms with Crippen molar-refractivity contribution < 1.29 is 4.90 Å². The van der Waals surface area contributed by atoms with Crippen molar-refractivity contribution in [3.05, 3.63) is 0 Å². The summed E-state index contributed by atoms with van der Waals surface area (Å²) in [6, 6.07) is 0. The van der Waals surface area contributed by atoms with Crippen molar-refractivity contribution in [2.45, 2.75) is 19.8 Å². The third kappa shape index (κ3) is 5.80. The molecular formula is C7H19N2+. The van der Waals surface area contributed by atoms with Crippen LogP contribution in [0.15, 0.2) is 0 Å². The van der Waals surface area contributed by atoms with Crippen molar-refractivity contribution >= 4 is 0 Å². The molecule has 0 rings (SSSR count). The van der Waals surface area contributed by atoms with E-state index in [0.717, 1.165) is 13.1 Å². The topological polar surface area (TPSA) is 30.5 Å². The van der Waals surface area contributed by atoms with E-state index >= 15 is 0 Å². The maximum absolute atomic E-state index is 5.38. The molecule has 0 aromatic carbocycles. The molecule has 0 aromatic heterocycles. The standard InChI is InChI=1S/C7H18N2/c1-3-4-6-9(2)7-5-8/h3-8H2,1-2H3/p+1. The Balaban J connectivity index is 2.95. The third-order valence-corrected chi connectivity index (χ3v) is 1.53. The Labute approximate surface area is 58.0 Å². The molecule has 0 aliphatic rings. The molecular weight excluding hydrogens is 112 g/mol. The van der Waals surface area contributed by atoms with Crippen LogP contribution in [0.4, 0.5) is 0 Å². The fourth-order valence-electron chi connectivity index (χ4n) is 0.850. The first kappa shape index (κ1) is 8.92. The van der Waals surface area contributed by atoms with E-state index in [0.29, 0.717) is 0 Å². The van der Waals surface area contributed by atoms with Crippen molar-refractivity contribution in [3.63, 3.8) is 0 Å². The number of quaternary nitrogens is 1. The molecule has 0 heterocycles. The first-order chi connectivity index (χ1) is 4.31. The summed E-state index contributed by atoms with van der Waals surface area (Å²) in [4.78, 5) is 1.55. The van der Waals surface area contributed by atoms with Gasteiger partial charge in [-0.3, -0.25) is 0 Å². The van der Waals surface area contributed by atoms with Crippen LogP contribution in [0.2, 0.25) is 0 Å². The Kier molecular flexibility index (Phi) is 5.99. The van der Waals surface area contributed by atoms with Gasteiger partial charge in [-0.15, -0.1) is 0 Å². The Morgan fingerprint density at radius 1 is 1.33 bits per heavy atom. The van der Waals surface area contributed by atoms with Crippen molar-refractivity contribution in [2.24, 2.45) is 5.73 Å². The highest BCUT2D eigenvalue weighted by molar-refractivity contribution is 4.30. The summed E-state index contributed by atoms with van der Waals surface area (Å²) in [5.74, 6) is 0. The highest BCUT2D eigenvalue weighted by Gasteiger charge is 1.96. The fraction of sp³-hybridized carbons (Fsp3) is 1.00. The lowest BCUT2D eigenvalue weighted by molar-refractivity contribution is -0.878. The number of nitrogens with one attached hydrogen (secondary N) is 1. The average molecular weight is 131 g/mol. The molecule has 0 saturated heterocycles. The minimum Gasteiger partial charge on any atom is -0.336 e. The van der Waals surface area contributed by atoms with Crippen molar-refractivity contribution in [1.29, 1.82) is 0 Å². The Morgan fingerprint density at radius 3 is 2.44 bits per heavy atom. The predicted octanol–water partition coefficient (Wildman–Crippen LogP) is -0.740. The number of likely N-dealkylation sites (N-methyl/N-ethyl adjacent to an activating group) is 1. The monoisotopic (exact) mass is 131 g/mol. The van der Waals surface area contributed by atoms with E-state index in [9.17, 15) is 0 Å². The smallest absolute Gasteiger partial charge is 0.0893 e. The zero-order valence-electron chi connectivity index (χ0n) is 6.61. The predicted molar refractivity (Wildman–Crippen MR) is 40.6 cm³/mol. The lowest BCUT2D eigenvalue weighted by Gasteiger charge is -2.10. The third-order valence-electron chi connectivity index (χ3n) is 1.53. The molecule has 0 bridgehead atoms. The molecule has 3 N–H and O–H groups in total. The molecule has 0 aromatic rings. The Morgan fingerprint density at radius 2 is 2.00 bits per heavy atom. The fourth-order valence-corrected chi connectivity index (χ4v) is 0.850. The first-order valence-corrected chi connectivity index (χ1v) is 3.82. The number of rotatable bonds is 5. The van der Waals surface area contributed by atoms with Crippen molar-refractivity contribution in [1.82, 2.24) is 0 Å². The minimum atomic E-state index is 0.815. The van der Waals surface area contributed by atoms with E-state index in [-0.39, 0.29) is 0 Å². The second-order valence-corrected chi connectivity index (χ2v) is 2.60. The molecule has 2 nitrogen and oxygen atoms in total. The van der Waals surface area contributed by atoms with Gasteiger partial charge in [-0.2, -0.15) is 0 Å². The normalized spacial score (nSPS) is 13.7. The summed E-state index contributed by atoms with van der Waals surface area (Å²) in [7, 11) is 2.20. The van der Waals surface area contributed by atoms with Crippen LogP contribution in [0.1, 0.15) is 19.8 Å². The van der Waals surface area contributed by atoms with E-state index in [1.54, 1.807) is 4.90 Å². The van der Waals surface area contributed by atoms with E-state index in [1.807, 2.05) is 0 Å². The molecule has 0 amide bonds. The van der Waals surface area contributed by atoms with Crippen molar-refractivity contribution in [2.75, 3.05) is 26.7 Å². The molecule has 2 heteroatoms. The van der Waals surface area contributed by atoms with Crippen LogP contribution in [-0.2, 0) is 0 Å². The molecule has 0 fully saturated rings. The van der Waals surface area contributed by atoms with Crippen LogP contribution in [0.3, 0.4) is 0 Å². The van der Waals surface area contributed by atoms with Gasteiger partial charge in [-0.25, -0.2) is 0 Å². The lowest BCUT2D eigenvalue weighted by atomic mass is 10.3. The van der Waals surface area contributed by atoms with E-state index in [4.69, 9.17) is 5.73 Å². The van der Waals surface area contributed by atoms with Crippen LogP contribution in [-0.4, -0.2) is 26.7 Å². The van der Waals surface area contributed by atoms with Crippen LogP contribution in [0.25, 0.3) is 0 Å². The van der Waals surface area contributed by atoms with Gasteiger partial charge in [-0.1, -0.05) is 13.3 Å². The second-order valence-electron chi connectivity index (χ2n) is 2.60. The molecule has 0 radical (unpaired) electrons. The average Bonchev–Trinajstić information content (AvgIpc) is 1.85. The van der Waals surface area contributed by atoms with Gasteiger partial charge in [0.25, 0.3) is 0 Å². The van der Waals surface area contributed by atoms with Gasteiger partial charge >= 0.3 is 0 Å². The van der Waals surface area contributed by atoms with Gasteiger partial charge in [0.05, 0.1) is 20.1 Å². The lowest BCUT2D eigenvalue weighted by Crippen LogP contribution is -3.09. The summed E-state index contributed by atoms with van der Waals surface area (Å²) in [6.07, 6.45) is 2.62. The number of hydrogen-bond donors (Lipinski definition) is 2. The first-order valence-electron chi connectivity index (χ1n) is 3.82. The van der Waals surface area contributed by atoms with Gasteiger partial charge in [0.1, 0.15) is 0 Å². The van der Waals surface area contributed by atoms with Crippen molar-refractivity contribution in [3.8, 4) is 0 Å². The van der Waals surface area contributed by atoms with E-state index in [1.165, 1.54) is 19.4 Å². The van der Waals surface area contributed by atoms with Crippen LogP contribution in [0.5, 0.6) is 0 Å². The molecule has 9 heavy (non-hydrogen) atoms. The number of nitrogens with two attached hydrogens (primary N) is 1. The minimum absolute atomic E-state index is 0.815. The number of unbranched alkanes of at least 4 members (excludes halogenated alkanes) is 1. The summed E-state index contributed by atoms with van der Waals surface area (Å²) < 4.78 is 0. The Hall–Kier alpha value is -0.0800. The second kappa shape index (κ2) is 6.05. The summed E-state index contributed by atoms with van der Waals surface area (Å²) in [5.41, 5.74) is 5.38. The largest absolute Gasteiger partial charge is 0.336 e. The van der Waals surface area contributed by atoms with Gasteiger partial charge in [0.2, 0.25) is 0 Å². The van der Waals surface area contributed by atoms with Crippen LogP contribution < -0.4 is 10.6 Å².